The molecule has 20 heavy (non-hydrogen) atoms. The fourth-order valence-corrected chi connectivity index (χ4v) is 1.76. The molecule has 0 saturated carbocycles. The van der Waals surface area contributed by atoms with Gasteiger partial charge < -0.3 is 5.32 Å². The molecular weight excluding hydrogens is 265 g/mol. The van der Waals surface area contributed by atoms with E-state index in [4.69, 9.17) is 0 Å². The molecule has 0 bridgehead atoms. The zero-order valence-corrected chi connectivity index (χ0v) is 10.7. The lowest BCUT2D eigenvalue weighted by Crippen LogP contribution is -2.16. The smallest absolute Gasteiger partial charge is 0.304 e. The molecule has 0 aliphatic carbocycles. The molecule has 0 spiro atoms. The van der Waals surface area contributed by atoms with Gasteiger partial charge in [0.25, 0.3) is 0 Å². The lowest BCUT2D eigenvalue weighted by atomic mass is 10.2. The van der Waals surface area contributed by atoms with Crippen LogP contribution < -0.4 is 5.32 Å². The van der Waals surface area contributed by atoms with Crippen molar-refractivity contribution in [3.8, 4) is 0 Å². The van der Waals surface area contributed by atoms with Crippen molar-refractivity contribution in [3.05, 3.63) is 52.1 Å². The molecule has 0 radical (unpaired) electrons. The molecule has 0 saturated heterocycles. The van der Waals surface area contributed by atoms with Crippen LogP contribution in [0.5, 0.6) is 0 Å². The van der Waals surface area contributed by atoms with Crippen LogP contribution in [-0.4, -0.2) is 26.5 Å². The van der Waals surface area contributed by atoms with E-state index in [2.05, 4.69) is 15.6 Å². The second-order valence-corrected chi connectivity index (χ2v) is 4.24. The summed E-state index contributed by atoms with van der Waals surface area (Å²) in [6.07, 6.45) is 4.26. The van der Waals surface area contributed by atoms with E-state index in [1.165, 1.54) is 12.1 Å². The van der Waals surface area contributed by atoms with E-state index in [9.17, 15) is 14.5 Å². The van der Waals surface area contributed by atoms with Crippen molar-refractivity contribution in [2.24, 2.45) is 0 Å². The lowest BCUT2D eigenvalue weighted by Gasteiger charge is -2.05. The van der Waals surface area contributed by atoms with E-state index in [1.54, 1.807) is 23.1 Å². The molecule has 0 amide bonds. The zero-order chi connectivity index (χ0) is 14.4. The van der Waals surface area contributed by atoms with Crippen molar-refractivity contribution in [2.75, 3.05) is 6.54 Å². The number of hydrogen-bond acceptors (Lipinski definition) is 5. The molecular formula is C12H14FN5O2. The van der Waals surface area contributed by atoms with Crippen LogP contribution in [0.2, 0.25) is 0 Å². The van der Waals surface area contributed by atoms with Crippen LogP contribution in [0.3, 0.4) is 0 Å². The highest BCUT2D eigenvalue weighted by molar-refractivity contribution is 5.34. The van der Waals surface area contributed by atoms with Crippen LogP contribution in [0.1, 0.15) is 12.0 Å². The van der Waals surface area contributed by atoms with Crippen LogP contribution in [0.15, 0.2) is 30.6 Å². The molecule has 7 nitrogen and oxygen atoms in total. The third kappa shape index (κ3) is 3.82. The topological polar surface area (TPSA) is 85.9 Å². The average Bonchev–Trinajstić information content (AvgIpc) is 2.91. The summed E-state index contributed by atoms with van der Waals surface area (Å²) in [7, 11) is 0. The number of nitrogens with zero attached hydrogens (tertiary/aromatic N) is 4. The maximum absolute atomic E-state index is 13.4. The number of nitro groups is 1. The second kappa shape index (κ2) is 6.71. The maximum Gasteiger partial charge on any atom is 0.304 e. The molecule has 8 heteroatoms. The summed E-state index contributed by atoms with van der Waals surface area (Å²) in [5.41, 5.74) is 0.175. The number of aryl methyl sites for hydroxylation is 1. The Morgan fingerprint density at radius 1 is 1.45 bits per heavy atom. The summed E-state index contributed by atoms with van der Waals surface area (Å²) in [5.74, 6) is -0.808. The number of nitrogens with one attached hydrogen (secondary N) is 1. The van der Waals surface area contributed by atoms with Gasteiger partial charge in [-0.05, 0) is 24.6 Å². The first-order valence-corrected chi connectivity index (χ1v) is 6.14. The summed E-state index contributed by atoms with van der Waals surface area (Å²) in [4.78, 5) is 9.75. The molecule has 1 heterocycles. The first kappa shape index (κ1) is 14.1. The third-order valence-corrected chi connectivity index (χ3v) is 2.75. The van der Waals surface area contributed by atoms with Crippen LogP contribution in [0, 0.1) is 15.9 Å². The Morgan fingerprint density at radius 3 is 2.95 bits per heavy atom. The Morgan fingerprint density at radius 2 is 2.30 bits per heavy atom. The van der Waals surface area contributed by atoms with E-state index < -0.39 is 16.4 Å². The first-order valence-electron chi connectivity index (χ1n) is 6.14. The molecule has 106 valence electrons. The fourth-order valence-electron chi connectivity index (χ4n) is 1.76. The minimum Gasteiger partial charge on any atom is -0.313 e. The summed E-state index contributed by atoms with van der Waals surface area (Å²) in [6, 6.07) is 3.91. The van der Waals surface area contributed by atoms with E-state index in [0.717, 1.165) is 19.5 Å². The summed E-state index contributed by atoms with van der Waals surface area (Å²) >= 11 is 0. The Hall–Kier alpha value is -2.35. The van der Waals surface area contributed by atoms with Gasteiger partial charge in [-0.15, -0.1) is 5.10 Å². The van der Waals surface area contributed by atoms with Gasteiger partial charge >= 0.3 is 5.69 Å². The van der Waals surface area contributed by atoms with Crippen LogP contribution in [0.25, 0.3) is 0 Å². The highest BCUT2D eigenvalue weighted by Gasteiger charge is 2.13. The average molecular weight is 279 g/mol. The molecule has 0 aliphatic rings. The lowest BCUT2D eigenvalue weighted by molar-refractivity contribution is -0.387. The van der Waals surface area contributed by atoms with Crippen molar-refractivity contribution < 1.29 is 9.31 Å². The van der Waals surface area contributed by atoms with E-state index in [-0.39, 0.29) is 0 Å². The summed E-state index contributed by atoms with van der Waals surface area (Å²) in [5, 5.41) is 21.2. The normalized spacial score (nSPS) is 10.7. The van der Waals surface area contributed by atoms with Gasteiger partial charge in [0.2, 0.25) is 5.82 Å². The number of benzene rings is 1. The van der Waals surface area contributed by atoms with Gasteiger partial charge in [0.15, 0.2) is 0 Å². The minimum atomic E-state index is -0.808. The highest BCUT2D eigenvalue weighted by atomic mass is 19.1. The third-order valence-electron chi connectivity index (χ3n) is 2.75. The largest absolute Gasteiger partial charge is 0.313 e. The van der Waals surface area contributed by atoms with Gasteiger partial charge in [-0.25, -0.2) is 0 Å². The zero-order valence-electron chi connectivity index (χ0n) is 10.7. The molecule has 1 aromatic heterocycles. The number of nitro benzene ring substituents is 1. The minimum absolute atomic E-state index is 0.465. The van der Waals surface area contributed by atoms with Gasteiger partial charge in [-0.1, -0.05) is 11.3 Å². The summed E-state index contributed by atoms with van der Waals surface area (Å²) in [6.45, 7) is 1.95. The van der Waals surface area contributed by atoms with Crippen molar-refractivity contribution in [3.63, 3.8) is 0 Å². The van der Waals surface area contributed by atoms with Crippen molar-refractivity contribution in [1.29, 1.82) is 0 Å². The number of aromatic nitrogens is 3. The first-order chi connectivity index (χ1) is 9.66. The predicted octanol–water partition coefficient (Wildman–Crippen LogP) is 1.51. The molecule has 0 aliphatic heterocycles. The number of hydrogen-bond donors (Lipinski definition) is 1. The number of halogens is 1. The quantitative estimate of drug-likeness (QED) is 0.471. The molecule has 2 aromatic rings. The van der Waals surface area contributed by atoms with Crippen molar-refractivity contribution in [2.45, 2.75) is 19.5 Å². The van der Waals surface area contributed by atoms with Crippen LogP contribution >= 0.6 is 0 Å². The van der Waals surface area contributed by atoms with Crippen molar-refractivity contribution in [1.82, 2.24) is 20.3 Å². The van der Waals surface area contributed by atoms with Gasteiger partial charge in [0.05, 0.1) is 11.1 Å². The van der Waals surface area contributed by atoms with Gasteiger partial charge in [-0.3, -0.25) is 14.8 Å². The fraction of sp³-hybridized carbons (Fsp3) is 0.333. The van der Waals surface area contributed by atoms with Gasteiger partial charge in [-0.2, -0.15) is 4.39 Å². The highest BCUT2D eigenvalue weighted by Crippen LogP contribution is 2.17. The Balaban J connectivity index is 1.74. The summed E-state index contributed by atoms with van der Waals surface area (Å²) < 4.78 is 15.1. The molecule has 1 aromatic carbocycles. The second-order valence-electron chi connectivity index (χ2n) is 4.24. The standard InChI is InChI=1S/C12H14FN5O2/c13-11-8-10(2-3-12(11)18(19)20)9-14-4-1-6-17-7-5-15-16-17/h2-3,5,7-8,14H,1,4,6,9H2. The van der Waals surface area contributed by atoms with Crippen LogP contribution in [0.4, 0.5) is 10.1 Å². The Kier molecular flexibility index (Phi) is 4.72. The predicted molar refractivity (Wildman–Crippen MR) is 69.4 cm³/mol. The molecule has 1 N–H and O–H groups in total. The Labute approximate surface area is 114 Å². The van der Waals surface area contributed by atoms with Crippen molar-refractivity contribution >= 4 is 5.69 Å². The van der Waals surface area contributed by atoms with E-state index in [1.807, 2.05) is 0 Å². The van der Waals surface area contributed by atoms with Gasteiger partial charge in [0.1, 0.15) is 0 Å². The maximum atomic E-state index is 13.4. The van der Waals surface area contributed by atoms with Crippen LogP contribution in [-0.2, 0) is 13.1 Å². The van der Waals surface area contributed by atoms with E-state index >= 15 is 0 Å². The Bertz CT molecular complexity index is 573. The molecule has 0 atom stereocenters. The number of rotatable bonds is 7. The van der Waals surface area contributed by atoms with E-state index in [0.29, 0.717) is 12.1 Å². The van der Waals surface area contributed by atoms with Gasteiger partial charge in [0, 0.05) is 25.4 Å². The molecule has 0 unspecified atom stereocenters. The SMILES string of the molecule is O=[N+]([O-])c1ccc(CNCCCn2ccnn2)cc1F. The molecule has 2 rings (SSSR count). The molecule has 0 fully saturated rings. The monoisotopic (exact) mass is 279 g/mol.